The maximum absolute atomic E-state index is 13.4. The van der Waals surface area contributed by atoms with Gasteiger partial charge in [-0.15, -0.1) is 5.10 Å². The van der Waals surface area contributed by atoms with Gasteiger partial charge in [0.1, 0.15) is 16.3 Å². The zero-order valence-electron chi connectivity index (χ0n) is 20.7. The van der Waals surface area contributed by atoms with Crippen LogP contribution < -0.4 is 4.74 Å². The third kappa shape index (κ3) is 6.57. The molecule has 0 saturated heterocycles. The van der Waals surface area contributed by atoms with Crippen molar-refractivity contribution in [3.63, 3.8) is 0 Å². The summed E-state index contributed by atoms with van der Waals surface area (Å²) in [5.74, 6) is -0.0563. The van der Waals surface area contributed by atoms with Crippen molar-refractivity contribution >= 4 is 15.9 Å². The molecule has 11 nitrogen and oxygen atoms in total. The Morgan fingerprint density at radius 1 is 1.34 bits per heavy atom. The van der Waals surface area contributed by atoms with Gasteiger partial charge in [-0.25, -0.2) is 8.42 Å². The lowest BCUT2D eigenvalue weighted by Gasteiger charge is -2.35. The lowest BCUT2D eigenvalue weighted by molar-refractivity contribution is -0.136. The average Bonchev–Trinajstić information content (AvgIpc) is 3.31. The van der Waals surface area contributed by atoms with E-state index < -0.39 is 16.1 Å². The number of fused-ring (bicyclic) bond motifs is 2. The Balaban J connectivity index is 1.88. The first-order valence-electron chi connectivity index (χ1n) is 11.7. The standard InChI is InChI=1S/C23H35N5O6S/c1-17-12-28(18(2)15-29)23(30)10-7-11-27-13-19(24-25-27)16-34-21(17)14-26(3)35(31,32)22-9-6-5-8-20(22)33-4/h5-6,8-9,13,17-18,21,29H,7,10-12,14-16H2,1-4H3/t17-,18-,21+/m0/s1. The molecule has 194 valence electrons. The van der Waals surface area contributed by atoms with Crippen LogP contribution in [-0.4, -0.2) is 89.6 Å². The van der Waals surface area contributed by atoms with E-state index in [1.807, 2.05) is 6.92 Å². The summed E-state index contributed by atoms with van der Waals surface area (Å²) in [4.78, 5) is 14.7. The maximum atomic E-state index is 13.4. The van der Waals surface area contributed by atoms with Gasteiger partial charge in [0.2, 0.25) is 15.9 Å². The molecule has 1 aliphatic heterocycles. The SMILES string of the molecule is COc1ccccc1S(=O)(=O)N(C)C[C@H]1OCc2cn(nn2)CCCC(=O)N([C@@H](C)CO)C[C@@H]1C. The normalized spacial score (nSPS) is 21.2. The third-order valence-electron chi connectivity index (χ3n) is 6.24. The molecule has 0 fully saturated rings. The van der Waals surface area contributed by atoms with Crippen LogP contribution in [-0.2, 0) is 32.7 Å². The van der Waals surface area contributed by atoms with Crippen LogP contribution in [0.2, 0.25) is 0 Å². The predicted molar refractivity (Wildman–Crippen MR) is 128 cm³/mol. The number of aliphatic hydroxyl groups excluding tert-OH is 1. The number of nitrogens with zero attached hydrogens (tertiary/aromatic N) is 5. The first-order chi connectivity index (χ1) is 16.7. The highest BCUT2D eigenvalue weighted by molar-refractivity contribution is 7.89. The fourth-order valence-corrected chi connectivity index (χ4v) is 5.38. The van der Waals surface area contributed by atoms with E-state index in [1.54, 1.807) is 40.9 Å². The van der Waals surface area contributed by atoms with Gasteiger partial charge in [0, 0.05) is 39.0 Å². The Morgan fingerprint density at radius 2 is 2.09 bits per heavy atom. The molecule has 0 aliphatic carbocycles. The summed E-state index contributed by atoms with van der Waals surface area (Å²) in [6.45, 7) is 4.59. The number of likely N-dealkylation sites (N-methyl/N-ethyl adjacent to an activating group) is 1. The molecule has 35 heavy (non-hydrogen) atoms. The Bertz CT molecular complexity index is 1090. The van der Waals surface area contributed by atoms with E-state index in [0.29, 0.717) is 31.6 Å². The number of hydrogen-bond acceptors (Lipinski definition) is 8. The van der Waals surface area contributed by atoms with E-state index in [4.69, 9.17) is 9.47 Å². The highest BCUT2D eigenvalue weighted by atomic mass is 32.2. The Hall–Kier alpha value is -2.54. The fraction of sp³-hybridized carbons (Fsp3) is 0.609. The minimum absolute atomic E-state index is 0.0468. The van der Waals surface area contributed by atoms with Crippen LogP contribution in [0.4, 0.5) is 0 Å². The largest absolute Gasteiger partial charge is 0.495 e. The highest BCUT2D eigenvalue weighted by Crippen LogP contribution is 2.27. The van der Waals surface area contributed by atoms with Gasteiger partial charge in [-0.3, -0.25) is 9.48 Å². The van der Waals surface area contributed by atoms with E-state index in [0.717, 1.165) is 0 Å². The van der Waals surface area contributed by atoms with E-state index in [2.05, 4.69) is 10.3 Å². The van der Waals surface area contributed by atoms with E-state index in [9.17, 15) is 18.3 Å². The predicted octanol–water partition coefficient (Wildman–Crippen LogP) is 1.13. The number of methoxy groups -OCH3 is 1. The second-order valence-electron chi connectivity index (χ2n) is 8.92. The molecule has 1 aromatic carbocycles. The van der Waals surface area contributed by atoms with Crippen LogP contribution in [0.3, 0.4) is 0 Å². The fourth-order valence-electron chi connectivity index (χ4n) is 4.04. The quantitative estimate of drug-likeness (QED) is 0.589. The molecule has 1 aliphatic rings. The Labute approximate surface area is 206 Å². The first-order valence-corrected chi connectivity index (χ1v) is 13.1. The van der Waals surface area contributed by atoms with Crippen molar-refractivity contribution in [2.45, 2.75) is 56.9 Å². The number of ether oxygens (including phenoxy) is 2. The molecule has 3 rings (SSSR count). The van der Waals surface area contributed by atoms with Gasteiger partial charge in [0.05, 0.1) is 38.7 Å². The van der Waals surface area contributed by atoms with Crippen LogP contribution in [0.5, 0.6) is 5.75 Å². The molecule has 3 atom stereocenters. The number of carbonyl (C=O) groups is 1. The molecule has 1 N–H and O–H groups in total. The van der Waals surface area contributed by atoms with Gasteiger partial charge in [-0.05, 0) is 25.5 Å². The summed E-state index contributed by atoms with van der Waals surface area (Å²) in [6, 6.07) is 6.08. The molecule has 2 bridgehead atoms. The van der Waals surface area contributed by atoms with Crippen molar-refractivity contribution in [3.8, 4) is 5.75 Å². The zero-order chi connectivity index (χ0) is 25.6. The molecular weight excluding hydrogens is 474 g/mol. The van der Waals surface area contributed by atoms with Crippen LogP contribution >= 0.6 is 0 Å². The Kier molecular flexibility index (Phi) is 9.22. The number of para-hydroxylation sites is 1. The minimum Gasteiger partial charge on any atom is -0.495 e. The zero-order valence-corrected chi connectivity index (χ0v) is 21.5. The van der Waals surface area contributed by atoms with Crippen molar-refractivity contribution in [1.82, 2.24) is 24.2 Å². The molecule has 1 amide bonds. The van der Waals surface area contributed by atoms with Crippen molar-refractivity contribution in [3.05, 3.63) is 36.2 Å². The number of amides is 1. The second-order valence-corrected chi connectivity index (χ2v) is 10.9. The topological polar surface area (TPSA) is 127 Å². The number of aromatic nitrogens is 3. The van der Waals surface area contributed by atoms with E-state index in [-0.39, 0.29) is 48.3 Å². The maximum Gasteiger partial charge on any atom is 0.246 e. The number of hydrogen-bond donors (Lipinski definition) is 1. The Morgan fingerprint density at radius 3 is 2.80 bits per heavy atom. The lowest BCUT2D eigenvalue weighted by atomic mass is 10.0. The van der Waals surface area contributed by atoms with E-state index in [1.165, 1.54) is 24.5 Å². The first kappa shape index (κ1) is 27.1. The smallest absolute Gasteiger partial charge is 0.246 e. The van der Waals surface area contributed by atoms with Crippen LogP contribution in [0.15, 0.2) is 35.4 Å². The molecular formula is C23H35N5O6S. The number of benzene rings is 1. The molecule has 0 radical (unpaired) electrons. The number of rotatable bonds is 7. The molecule has 1 aromatic heterocycles. The van der Waals surface area contributed by atoms with Crippen molar-refractivity contribution in [1.29, 1.82) is 0 Å². The average molecular weight is 510 g/mol. The van der Waals surface area contributed by atoms with Crippen molar-refractivity contribution in [2.75, 3.05) is 33.9 Å². The summed E-state index contributed by atoms with van der Waals surface area (Å²) in [5, 5.41) is 17.9. The monoisotopic (exact) mass is 509 g/mol. The second kappa shape index (κ2) is 11.9. The number of aliphatic hydroxyl groups is 1. The van der Waals surface area contributed by atoms with Crippen molar-refractivity contribution < 1.29 is 27.8 Å². The van der Waals surface area contributed by atoms with Crippen molar-refractivity contribution in [2.24, 2.45) is 5.92 Å². The van der Waals surface area contributed by atoms with Crippen LogP contribution in [0.1, 0.15) is 32.4 Å². The summed E-state index contributed by atoms with van der Waals surface area (Å²) in [6.07, 6.45) is 2.11. The highest BCUT2D eigenvalue weighted by Gasteiger charge is 2.32. The molecule has 0 spiro atoms. The lowest BCUT2D eigenvalue weighted by Crippen LogP contribution is -2.47. The van der Waals surface area contributed by atoms with E-state index >= 15 is 0 Å². The van der Waals surface area contributed by atoms with Gasteiger partial charge in [0.25, 0.3) is 0 Å². The molecule has 2 heterocycles. The van der Waals surface area contributed by atoms with Gasteiger partial charge >= 0.3 is 0 Å². The van der Waals surface area contributed by atoms with Gasteiger partial charge in [0.15, 0.2) is 0 Å². The number of carbonyl (C=O) groups excluding carboxylic acids is 1. The summed E-state index contributed by atoms with van der Waals surface area (Å²) >= 11 is 0. The summed E-state index contributed by atoms with van der Waals surface area (Å²) in [5.41, 5.74) is 0.628. The summed E-state index contributed by atoms with van der Waals surface area (Å²) in [7, 11) is -0.953. The molecule has 2 aromatic rings. The third-order valence-corrected chi connectivity index (χ3v) is 8.10. The van der Waals surface area contributed by atoms with Crippen LogP contribution in [0, 0.1) is 5.92 Å². The van der Waals surface area contributed by atoms with Gasteiger partial charge < -0.3 is 19.5 Å². The summed E-state index contributed by atoms with van der Waals surface area (Å²) < 4.78 is 41.0. The van der Waals surface area contributed by atoms with Gasteiger partial charge in [-0.1, -0.05) is 24.3 Å². The molecule has 12 heteroatoms. The number of sulfonamides is 1. The number of aryl methyl sites for hydroxylation is 1. The van der Waals surface area contributed by atoms with Crippen LogP contribution in [0.25, 0.3) is 0 Å². The minimum atomic E-state index is -3.87. The molecule has 0 saturated carbocycles. The van der Waals surface area contributed by atoms with Gasteiger partial charge in [-0.2, -0.15) is 4.31 Å². The molecule has 0 unspecified atom stereocenters.